The highest BCUT2D eigenvalue weighted by Gasteiger charge is 2.36. The van der Waals surface area contributed by atoms with Crippen LogP contribution in [0.3, 0.4) is 0 Å². The molecule has 7 heteroatoms. The Hall–Kier alpha value is -1.63. The zero-order valence-electron chi connectivity index (χ0n) is 10.9. The number of amides is 2. The predicted molar refractivity (Wildman–Crippen MR) is 70.9 cm³/mol. The summed E-state index contributed by atoms with van der Waals surface area (Å²) in [4.78, 5) is 29.7. The van der Waals surface area contributed by atoms with Gasteiger partial charge in [-0.05, 0) is 12.8 Å². The molecule has 1 aromatic heterocycles. The summed E-state index contributed by atoms with van der Waals surface area (Å²) in [6, 6.07) is -0.205. The molecule has 1 saturated heterocycles. The van der Waals surface area contributed by atoms with Gasteiger partial charge in [-0.3, -0.25) is 4.79 Å². The fraction of sp³-hybridized carbons (Fsp3) is 0.583. The van der Waals surface area contributed by atoms with Crippen LogP contribution in [-0.4, -0.2) is 40.1 Å². The number of nitrogens with one attached hydrogen (secondary N) is 1. The Balaban J connectivity index is 1.88. The zero-order valence-corrected chi connectivity index (χ0v) is 11.7. The van der Waals surface area contributed by atoms with Gasteiger partial charge in [0.1, 0.15) is 0 Å². The SMILES string of the molecule is Cc1ncsc1CNC(=O)N1CC(C)C(C(=O)O)C1. The van der Waals surface area contributed by atoms with Crippen molar-refractivity contribution in [2.24, 2.45) is 11.8 Å². The molecule has 2 rings (SSSR count). The lowest BCUT2D eigenvalue weighted by atomic mass is 9.99. The van der Waals surface area contributed by atoms with Gasteiger partial charge in [-0.15, -0.1) is 11.3 Å². The van der Waals surface area contributed by atoms with Crippen LogP contribution in [-0.2, 0) is 11.3 Å². The Labute approximate surface area is 115 Å². The van der Waals surface area contributed by atoms with E-state index in [0.29, 0.717) is 13.1 Å². The van der Waals surface area contributed by atoms with Gasteiger partial charge in [0.15, 0.2) is 0 Å². The number of rotatable bonds is 3. The summed E-state index contributed by atoms with van der Waals surface area (Å²) in [5, 5.41) is 11.8. The third kappa shape index (κ3) is 3.04. The van der Waals surface area contributed by atoms with E-state index in [2.05, 4.69) is 10.3 Å². The molecule has 2 heterocycles. The van der Waals surface area contributed by atoms with Crippen LogP contribution in [0.5, 0.6) is 0 Å². The Morgan fingerprint density at radius 2 is 2.32 bits per heavy atom. The van der Waals surface area contributed by atoms with Crippen LogP contribution in [0.1, 0.15) is 17.5 Å². The summed E-state index contributed by atoms with van der Waals surface area (Å²) in [6.07, 6.45) is 0. The molecule has 0 saturated carbocycles. The highest BCUT2D eigenvalue weighted by atomic mass is 32.1. The molecule has 2 atom stereocenters. The minimum absolute atomic E-state index is 0.00612. The van der Waals surface area contributed by atoms with Gasteiger partial charge in [0.05, 0.1) is 23.7 Å². The van der Waals surface area contributed by atoms with E-state index in [1.165, 1.54) is 11.3 Å². The molecule has 0 aromatic carbocycles. The number of carboxylic acids is 1. The van der Waals surface area contributed by atoms with E-state index in [9.17, 15) is 9.59 Å². The van der Waals surface area contributed by atoms with E-state index in [0.717, 1.165) is 10.6 Å². The van der Waals surface area contributed by atoms with Gasteiger partial charge < -0.3 is 15.3 Å². The smallest absolute Gasteiger partial charge is 0.317 e. The minimum Gasteiger partial charge on any atom is -0.481 e. The number of aryl methyl sites for hydroxylation is 1. The number of nitrogens with zero attached hydrogens (tertiary/aromatic N) is 2. The van der Waals surface area contributed by atoms with E-state index in [-0.39, 0.29) is 18.5 Å². The third-order valence-electron chi connectivity index (χ3n) is 3.46. The van der Waals surface area contributed by atoms with Crippen LogP contribution in [0.4, 0.5) is 4.79 Å². The summed E-state index contributed by atoms with van der Waals surface area (Å²) < 4.78 is 0. The second kappa shape index (κ2) is 5.56. The number of carbonyl (C=O) groups is 2. The van der Waals surface area contributed by atoms with Gasteiger partial charge in [-0.1, -0.05) is 6.92 Å². The van der Waals surface area contributed by atoms with Gasteiger partial charge in [0, 0.05) is 18.0 Å². The summed E-state index contributed by atoms with van der Waals surface area (Å²) in [5.41, 5.74) is 2.67. The molecule has 0 radical (unpaired) electrons. The van der Waals surface area contributed by atoms with E-state index >= 15 is 0 Å². The maximum atomic E-state index is 12.0. The molecule has 104 valence electrons. The lowest BCUT2D eigenvalue weighted by Crippen LogP contribution is -2.38. The summed E-state index contributed by atoms with van der Waals surface area (Å²) in [6.45, 7) is 4.97. The number of urea groups is 1. The molecule has 19 heavy (non-hydrogen) atoms. The fourth-order valence-electron chi connectivity index (χ4n) is 2.22. The van der Waals surface area contributed by atoms with Gasteiger partial charge in [0.2, 0.25) is 0 Å². The van der Waals surface area contributed by atoms with Crippen LogP contribution < -0.4 is 5.32 Å². The molecule has 2 unspecified atom stereocenters. The number of hydrogen-bond acceptors (Lipinski definition) is 4. The topological polar surface area (TPSA) is 82.5 Å². The molecule has 6 nitrogen and oxygen atoms in total. The molecular weight excluding hydrogens is 266 g/mol. The number of aromatic nitrogens is 1. The zero-order chi connectivity index (χ0) is 14.0. The number of likely N-dealkylation sites (tertiary alicyclic amines) is 1. The molecule has 0 spiro atoms. The van der Waals surface area contributed by atoms with Crippen LogP contribution in [0.2, 0.25) is 0 Å². The van der Waals surface area contributed by atoms with Gasteiger partial charge in [-0.25, -0.2) is 9.78 Å². The van der Waals surface area contributed by atoms with Gasteiger partial charge in [-0.2, -0.15) is 0 Å². The summed E-state index contributed by atoms with van der Waals surface area (Å²) >= 11 is 1.50. The molecule has 2 N–H and O–H groups in total. The van der Waals surface area contributed by atoms with Crippen LogP contribution >= 0.6 is 11.3 Å². The van der Waals surface area contributed by atoms with Crippen LogP contribution in [0, 0.1) is 18.8 Å². The van der Waals surface area contributed by atoms with Gasteiger partial charge >= 0.3 is 12.0 Å². The van der Waals surface area contributed by atoms with E-state index < -0.39 is 11.9 Å². The predicted octanol–water partition coefficient (Wildman–Crippen LogP) is 1.31. The van der Waals surface area contributed by atoms with Crippen molar-refractivity contribution in [1.82, 2.24) is 15.2 Å². The second-order valence-electron chi connectivity index (χ2n) is 4.85. The standard InChI is InChI=1S/C12H17N3O3S/c1-7-4-15(5-9(7)11(16)17)12(18)13-3-10-8(2)14-6-19-10/h6-7,9H,3-5H2,1-2H3,(H,13,18)(H,16,17). The molecule has 1 fully saturated rings. The van der Waals surface area contributed by atoms with Crippen molar-refractivity contribution in [2.45, 2.75) is 20.4 Å². The fourth-order valence-corrected chi connectivity index (χ4v) is 2.93. The molecule has 2 amide bonds. The largest absolute Gasteiger partial charge is 0.481 e. The van der Waals surface area contributed by atoms with Crippen molar-refractivity contribution in [2.75, 3.05) is 13.1 Å². The molecule has 0 bridgehead atoms. The number of hydrogen-bond donors (Lipinski definition) is 2. The number of aliphatic carboxylic acids is 1. The highest BCUT2D eigenvalue weighted by Crippen LogP contribution is 2.23. The second-order valence-corrected chi connectivity index (χ2v) is 5.79. The molecule has 0 aliphatic carbocycles. The molecule has 1 aliphatic rings. The minimum atomic E-state index is -0.832. The van der Waals surface area contributed by atoms with E-state index in [1.54, 1.807) is 10.4 Å². The van der Waals surface area contributed by atoms with Crippen molar-refractivity contribution >= 4 is 23.3 Å². The Kier molecular flexibility index (Phi) is 4.04. The van der Waals surface area contributed by atoms with Crippen molar-refractivity contribution in [3.05, 3.63) is 16.1 Å². The highest BCUT2D eigenvalue weighted by molar-refractivity contribution is 7.09. The lowest BCUT2D eigenvalue weighted by Gasteiger charge is -2.16. The van der Waals surface area contributed by atoms with E-state index in [4.69, 9.17) is 5.11 Å². The molecule has 1 aromatic rings. The maximum Gasteiger partial charge on any atom is 0.317 e. The van der Waals surface area contributed by atoms with Crippen molar-refractivity contribution in [3.8, 4) is 0 Å². The Morgan fingerprint density at radius 3 is 2.84 bits per heavy atom. The lowest BCUT2D eigenvalue weighted by molar-refractivity contribution is -0.142. The summed E-state index contributed by atoms with van der Waals surface area (Å²) in [7, 11) is 0. The molecular formula is C12H17N3O3S. The normalized spacial score (nSPS) is 22.5. The quantitative estimate of drug-likeness (QED) is 0.876. The van der Waals surface area contributed by atoms with Crippen molar-refractivity contribution in [1.29, 1.82) is 0 Å². The first-order chi connectivity index (χ1) is 8.99. The van der Waals surface area contributed by atoms with Crippen LogP contribution in [0.25, 0.3) is 0 Å². The summed E-state index contributed by atoms with van der Waals surface area (Å²) in [5.74, 6) is -1.30. The van der Waals surface area contributed by atoms with Gasteiger partial charge in [0.25, 0.3) is 0 Å². The monoisotopic (exact) mass is 283 g/mol. The first-order valence-corrected chi connectivity index (χ1v) is 7.01. The number of carbonyl (C=O) groups excluding carboxylic acids is 1. The average molecular weight is 283 g/mol. The maximum absolute atomic E-state index is 12.0. The first kappa shape index (κ1) is 13.8. The van der Waals surface area contributed by atoms with Crippen molar-refractivity contribution < 1.29 is 14.7 Å². The Morgan fingerprint density at radius 1 is 1.58 bits per heavy atom. The number of carboxylic acid groups (broad SMARTS) is 1. The first-order valence-electron chi connectivity index (χ1n) is 6.13. The number of thiazole rings is 1. The molecule has 1 aliphatic heterocycles. The Bertz CT molecular complexity index is 488. The average Bonchev–Trinajstić information content (AvgIpc) is 2.92. The van der Waals surface area contributed by atoms with Crippen molar-refractivity contribution in [3.63, 3.8) is 0 Å². The van der Waals surface area contributed by atoms with Crippen LogP contribution in [0.15, 0.2) is 5.51 Å². The van der Waals surface area contributed by atoms with E-state index in [1.807, 2.05) is 13.8 Å². The third-order valence-corrected chi connectivity index (χ3v) is 4.40.